The van der Waals surface area contributed by atoms with E-state index in [0.29, 0.717) is 45.4 Å². The second-order valence-corrected chi connectivity index (χ2v) is 11.1. The van der Waals surface area contributed by atoms with E-state index in [1.165, 1.54) is 24.3 Å². The van der Waals surface area contributed by atoms with Crippen LogP contribution in [0, 0.1) is 10.1 Å². The number of ketones is 1. The van der Waals surface area contributed by atoms with Gasteiger partial charge in [0.2, 0.25) is 0 Å². The predicted molar refractivity (Wildman–Crippen MR) is 170 cm³/mol. The number of carbonyl (C=O) groups excluding carboxylic acids is 4. The van der Waals surface area contributed by atoms with Crippen LogP contribution in [-0.2, 0) is 11.2 Å². The number of aromatic nitrogens is 1. The zero-order chi connectivity index (χ0) is 31.8. The summed E-state index contributed by atoms with van der Waals surface area (Å²) in [6, 6.07) is 23.6. The number of aryl methyl sites for hydroxylation is 1. The average molecular weight is 664 g/mol. The maximum absolute atomic E-state index is 13.5. The first-order valence-electron chi connectivity index (χ1n) is 13.8. The van der Waals surface area contributed by atoms with Gasteiger partial charge in [0, 0.05) is 33.1 Å². The first-order chi connectivity index (χ1) is 21.7. The van der Waals surface area contributed by atoms with Gasteiger partial charge < -0.3 is 4.74 Å². The van der Waals surface area contributed by atoms with Gasteiger partial charge in [-0.15, -0.1) is 0 Å². The standard InChI is InChI=1S/C34H22BrN3O7/c1-2-19-15-22(35)16-27-28(34(42)45-18-30(39)21-9-13-24(14-10-21)38(43)44)17-29(36-31(19)27)20-7-11-23(12-8-20)37-32(40)25-5-3-4-6-26(25)33(37)41/h3-17H,2,18H2,1H3. The monoisotopic (exact) mass is 663 g/mol. The molecule has 5 aromatic rings. The number of esters is 1. The summed E-state index contributed by atoms with van der Waals surface area (Å²) in [6.07, 6.45) is 0.623. The molecule has 2 heterocycles. The Morgan fingerprint density at radius 3 is 2.16 bits per heavy atom. The van der Waals surface area contributed by atoms with Crippen molar-refractivity contribution in [2.75, 3.05) is 11.5 Å². The topological polar surface area (TPSA) is 137 Å². The summed E-state index contributed by atoms with van der Waals surface area (Å²) in [5.74, 6) is -2.07. The molecule has 0 radical (unpaired) electrons. The number of Topliss-reactive ketones (excluding diaryl/α,β-unsaturated/α-hetero) is 1. The van der Waals surface area contributed by atoms with Crippen molar-refractivity contribution >= 4 is 61.8 Å². The number of rotatable bonds is 8. The minimum Gasteiger partial charge on any atom is -0.454 e. The molecule has 0 unspecified atom stereocenters. The number of imide groups is 1. The van der Waals surface area contributed by atoms with Gasteiger partial charge in [-0.2, -0.15) is 0 Å². The van der Waals surface area contributed by atoms with Crippen LogP contribution in [0.25, 0.3) is 22.2 Å². The molecule has 45 heavy (non-hydrogen) atoms. The Kier molecular flexibility index (Phi) is 7.78. The van der Waals surface area contributed by atoms with Gasteiger partial charge in [0.05, 0.1) is 38.5 Å². The molecule has 0 fully saturated rings. The Hall–Kier alpha value is -5.55. The summed E-state index contributed by atoms with van der Waals surface area (Å²) in [4.78, 5) is 68.4. The molecule has 0 saturated carbocycles. The maximum atomic E-state index is 13.5. The fourth-order valence-electron chi connectivity index (χ4n) is 5.21. The Morgan fingerprint density at radius 1 is 0.911 bits per heavy atom. The molecule has 0 atom stereocenters. The van der Waals surface area contributed by atoms with Crippen molar-refractivity contribution in [1.29, 1.82) is 0 Å². The van der Waals surface area contributed by atoms with E-state index in [4.69, 9.17) is 9.72 Å². The zero-order valence-electron chi connectivity index (χ0n) is 23.7. The molecule has 11 heteroatoms. The summed E-state index contributed by atoms with van der Waals surface area (Å²) in [6.45, 7) is 1.40. The Bertz CT molecular complexity index is 2020. The molecule has 0 bridgehead atoms. The number of nitro benzene ring substituents is 1. The van der Waals surface area contributed by atoms with Crippen LogP contribution < -0.4 is 4.90 Å². The van der Waals surface area contributed by atoms with Crippen molar-refractivity contribution in [1.82, 2.24) is 4.98 Å². The lowest BCUT2D eigenvalue weighted by Crippen LogP contribution is -2.29. The Morgan fingerprint density at radius 2 is 1.56 bits per heavy atom. The fourth-order valence-corrected chi connectivity index (χ4v) is 5.72. The highest BCUT2D eigenvalue weighted by Gasteiger charge is 2.36. The minimum atomic E-state index is -0.748. The summed E-state index contributed by atoms with van der Waals surface area (Å²) >= 11 is 3.50. The van der Waals surface area contributed by atoms with Crippen LogP contribution in [0.3, 0.4) is 0 Å². The second-order valence-electron chi connectivity index (χ2n) is 10.2. The summed E-state index contributed by atoms with van der Waals surface area (Å²) in [5, 5.41) is 11.4. The highest BCUT2D eigenvalue weighted by Crippen LogP contribution is 2.33. The Labute approximate surface area is 264 Å². The molecule has 0 saturated heterocycles. The van der Waals surface area contributed by atoms with Crippen molar-refractivity contribution in [3.8, 4) is 11.3 Å². The van der Waals surface area contributed by atoms with Gasteiger partial charge in [0.25, 0.3) is 17.5 Å². The van der Waals surface area contributed by atoms with E-state index in [0.717, 1.165) is 14.9 Å². The van der Waals surface area contributed by atoms with Crippen LogP contribution in [0.1, 0.15) is 53.9 Å². The number of hydrogen-bond acceptors (Lipinski definition) is 8. The number of fused-ring (bicyclic) bond motifs is 2. The lowest BCUT2D eigenvalue weighted by Gasteiger charge is -2.15. The zero-order valence-corrected chi connectivity index (χ0v) is 25.2. The number of nitrogens with zero attached hydrogens (tertiary/aromatic N) is 3. The minimum absolute atomic E-state index is 0.159. The molecule has 1 aliphatic rings. The third kappa shape index (κ3) is 5.49. The first kappa shape index (κ1) is 29.5. The molecule has 0 aliphatic carbocycles. The average Bonchev–Trinajstić information content (AvgIpc) is 3.31. The van der Waals surface area contributed by atoms with Gasteiger partial charge in [0.1, 0.15) is 0 Å². The van der Waals surface area contributed by atoms with Crippen molar-refractivity contribution in [3.63, 3.8) is 0 Å². The van der Waals surface area contributed by atoms with Gasteiger partial charge >= 0.3 is 5.97 Å². The van der Waals surface area contributed by atoms with Crippen LogP contribution in [-0.4, -0.2) is 40.1 Å². The lowest BCUT2D eigenvalue weighted by molar-refractivity contribution is -0.384. The van der Waals surface area contributed by atoms with Gasteiger partial charge in [-0.1, -0.05) is 47.1 Å². The normalized spacial score (nSPS) is 12.4. The van der Waals surface area contributed by atoms with E-state index in [1.54, 1.807) is 60.7 Å². The molecule has 6 rings (SSSR count). The lowest BCUT2D eigenvalue weighted by atomic mass is 10.0. The smallest absolute Gasteiger partial charge is 0.339 e. The summed E-state index contributed by atoms with van der Waals surface area (Å²) < 4.78 is 6.17. The molecule has 1 aliphatic heterocycles. The van der Waals surface area contributed by atoms with Gasteiger partial charge in [-0.3, -0.25) is 24.5 Å². The van der Waals surface area contributed by atoms with Gasteiger partial charge in [-0.25, -0.2) is 14.7 Å². The quantitative estimate of drug-likeness (QED) is 0.0570. The number of hydrogen-bond donors (Lipinski definition) is 0. The molecule has 0 spiro atoms. The molecule has 222 valence electrons. The number of anilines is 1. The fraction of sp³-hybridized carbons (Fsp3) is 0.0882. The van der Waals surface area contributed by atoms with Crippen LogP contribution in [0.5, 0.6) is 0 Å². The molecule has 0 N–H and O–H groups in total. The maximum Gasteiger partial charge on any atom is 0.339 e. The van der Waals surface area contributed by atoms with E-state index >= 15 is 0 Å². The van der Waals surface area contributed by atoms with Crippen molar-refractivity contribution in [3.05, 3.63) is 133 Å². The van der Waals surface area contributed by atoms with Gasteiger partial charge in [0.15, 0.2) is 12.4 Å². The molecule has 1 aromatic heterocycles. The van der Waals surface area contributed by atoms with Gasteiger partial charge in [-0.05, 0) is 66.6 Å². The first-order valence-corrected chi connectivity index (χ1v) is 14.6. The number of ether oxygens (including phenoxy) is 1. The van der Waals surface area contributed by atoms with Crippen molar-refractivity contribution in [2.24, 2.45) is 0 Å². The Balaban J connectivity index is 1.32. The predicted octanol–water partition coefficient (Wildman–Crippen LogP) is 6.98. The highest BCUT2D eigenvalue weighted by molar-refractivity contribution is 9.10. The van der Waals surface area contributed by atoms with Crippen LogP contribution in [0.15, 0.2) is 95.5 Å². The van der Waals surface area contributed by atoms with E-state index in [9.17, 15) is 29.3 Å². The largest absolute Gasteiger partial charge is 0.454 e. The number of pyridine rings is 1. The number of amides is 2. The van der Waals surface area contributed by atoms with Crippen LogP contribution in [0.2, 0.25) is 0 Å². The van der Waals surface area contributed by atoms with E-state index in [-0.39, 0.29) is 16.8 Å². The molecular formula is C34H22BrN3O7. The summed E-state index contributed by atoms with van der Waals surface area (Å²) in [5.41, 5.74) is 3.81. The third-order valence-electron chi connectivity index (χ3n) is 7.51. The van der Waals surface area contributed by atoms with Crippen LogP contribution in [0.4, 0.5) is 11.4 Å². The number of nitro groups is 1. The molecular weight excluding hydrogens is 642 g/mol. The number of carbonyl (C=O) groups is 4. The number of benzene rings is 4. The SMILES string of the molecule is CCc1cc(Br)cc2c(C(=O)OCC(=O)c3ccc([N+](=O)[O-])cc3)cc(-c3ccc(N4C(=O)c5ccccc5C4=O)cc3)nc12. The van der Waals surface area contributed by atoms with Crippen LogP contribution >= 0.6 is 15.9 Å². The van der Waals surface area contributed by atoms with E-state index < -0.39 is 35.1 Å². The number of halogens is 1. The van der Waals surface area contributed by atoms with Crippen molar-refractivity contribution in [2.45, 2.75) is 13.3 Å². The molecule has 4 aromatic carbocycles. The highest BCUT2D eigenvalue weighted by atomic mass is 79.9. The van der Waals surface area contributed by atoms with E-state index in [2.05, 4.69) is 15.9 Å². The number of non-ortho nitro benzene ring substituents is 1. The third-order valence-corrected chi connectivity index (χ3v) is 7.97. The second kappa shape index (κ2) is 11.9. The summed E-state index contributed by atoms with van der Waals surface area (Å²) in [7, 11) is 0. The molecule has 10 nitrogen and oxygen atoms in total. The van der Waals surface area contributed by atoms with Crippen molar-refractivity contribution < 1.29 is 28.8 Å². The molecule has 2 amide bonds. The van der Waals surface area contributed by atoms with E-state index in [1.807, 2.05) is 13.0 Å².